The van der Waals surface area contributed by atoms with Crippen LogP contribution in [-0.2, 0) is 0 Å². The molecular formula is C11H6ClF3N2. The van der Waals surface area contributed by atoms with Crippen molar-refractivity contribution >= 4 is 33.4 Å². The first-order valence-electron chi connectivity index (χ1n) is 4.63. The molecule has 1 heterocycles. The number of hydrogen-bond donors (Lipinski definition) is 0. The van der Waals surface area contributed by atoms with E-state index in [1.807, 2.05) is 0 Å². The number of benzene rings is 1. The van der Waals surface area contributed by atoms with Gasteiger partial charge in [0.1, 0.15) is 0 Å². The molecule has 0 fully saturated rings. The van der Waals surface area contributed by atoms with Crippen molar-refractivity contribution < 1.29 is 13.2 Å². The zero-order valence-electron chi connectivity index (χ0n) is 8.37. The molecule has 0 spiro atoms. The average Bonchev–Trinajstić information content (AvgIpc) is 2.28. The molecule has 0 atom stereocenters. The Morgan fingerprint density at radius 3 is 2.65 bits per heavy atom. The Labute approximate surface area is 99.8 Å². The van der Waals surface area contributed by atoms with E-state index in [9.17, 15) is 13.2 Å². The number of pyridine rings is 1. The Morgan fingerprint density at radius 1 is 1.18 bits per heavy atom. The molecule has 17 heavy (non-hydrogen) atoms. The van der Waals surface area contributed by atoms with E-state index in [-0.39, 0.29) is 5.69 Å². The molecule has 1 aromatic carbocycles. The Bertz CT molecular complexity index is 573. The van der Waals surface area contributed by atoms with Crippen molar-refractivity contribution in [3.8, 4) is 0 Å². The molecule has 0 aliphatic heterocycles. The van der Waals surface area contributed by atoms with E-state index >= 15 is 0 Å². The van der Waals surface area contributed by atoms with Gasteiger partial charge in [-0.25, -0.2) is 4.99 Å². The summed E-state index contributed by atoms with van der Waals surface area (Å²) in [4.78, 5) is 7.39. The number of nitrogens with zero attached hydrogens (tertiary/aromatic N) is 2. The predicted molar refractivity (Wildman–Crippen MR) is 60.7 cm³/mol. The number of hydrogen-bond acceptors (Lipinski definition) is 2. The maximum Gasteiger partial charge on any atom is 0.444 e. The van der Waals surface area contributed by atoms with Gasteiger partial charge in [0.05, 0.1) is 11.2 Å². The monoisotopic (exact) mass is 258 g/mol. The van der Waals surface area contributed by atoms with Crippen molar-refractivity contribution in [2.24, 2.45) is 4.99 Å². The van der Waals surface area contributed by atoms with Gasteiger partial charge in [0.25, 0.3) is 0 Å². The molecule has 0 aliphatic rings. The summed E-state index contributed by atoms with van der Waals surface area (Å²) in [6.45, 7) is 0. The van der Waals surface area contributed by atoms with E-state index in [4.69, 9.17) is 11.6 Å². The number of fused-ring (bicyclic) bond motifs is 1. The molecule has 0 amide bonds. The van der Waals surface area contributed by atoms with E-state index in [1.54, 1.807) is 30.5 Å². The van der Waals surface area contributed by atoms with E-state index < -0.39 is 11.3 Å². The van der Waals surface area contributed by atoms with Crippen LogP contribution in [0.4, 0.5) is 18.9 Å². The smallest absolute Gasteiger partial charge is 0.256 e. The minimum Gasteiger partial charge on any atom is -0.256 e. The molecule has 0 radical (unpaired) electrons. The van der Waals surface area contributed by atoms with Crippen LogP contribution in [0.25, 0.3) is 10.9 Å². The van der Waals surface area contributed by atoms with Gasteiger partial charge in [0, 0.05) is 11.6 Å². The highest BCUT2D eigenvalue weighted by Gasteiger charge is 2.34. The highest BCUT2D eigenvalue weighted by Crippen LogP contribution is 2.28. The molecule has 0 N–H and O–H groups in total. The summed E-state index contributed by atoms with van der Waals surface area (Å²) in [6, 6.07) is 7.99. The quantitative estimate of drug-likeness (QED) is 0.708. The lowest BCUT2D eigenvalue weighted by Gasteiger charge is -2.05. The Kier molecular flexibility index (Phi) is 3.02. The summed E-state index contributed by atoms with van der Waals surface area (Å²) in [7, 11) is 0. The van der Waals surface area contributed by atoms with Crippen LogP contribution in [0.2, 0.25) is 0 Å². The molecule has 88 valence electrons. The van der Waals surface area contributed by atoms with Crippen molar-refractivity contribution in [1.82, 2.24) is 4.98 Å². The molecule has 0 bridgehead atoms. The fourth-order valence-corrected chi connectivity index (χ4v) is 1.44. The number of rotatable bonds is 1. The van der Waals surface area contributed by atoms with Crippen molar-refractivity contribution in [2.75, 3.05) is 0 Å². The molecular weight excluding hydrogens is 253 g/mol. The van der Waals surface area contributed by atoms with Gasteiger partial charge in [0.15, 0.2) is 0 Å². The van der Waals surface area contributed by atoms with Gasteiger partial charge in [-0.2, -0.15) is 13.2 Å². The number of aromatic nitrogens is 1. The lowest BCUT2D eigenvalue weighted by molar-refractivity contribution is -0.0558. The van der Waals surface area contributed by atoms with Crippen LogP contribution in [0, 0.1) is 0 Å². The molecule has 0 unspecified atom stereocenters. The molecule has 2 nitrogen and oxygen atoms in total. The number of halogens is 4. The fraction of sp³-hybridized carbons (Fsp3) is 0.0909. The van der Waals surface area contributed by atoms with E-state index in [1.165, 1.54) is 6.07 Å². The normalized spacial score (nSPS) is 13.1. The highest BCUT2D eigenvalue weighted by molar-refractivity contribution is 6.67. The van der Waals surface area contributed by atoms with Gasteiger partial charge in [-0.05, 0) is 24.3 Å². The van der Waals surface area contributed by atoms with Crippen LogP contribution in [-0.4, -0.2) is 16.3 Å². The first-order valence-corrected chi connectivity index (χ1v) is 5.01. The second-order valence-electron chi connectivity index (χ2n) is 3.25. The van der Waals surface area contributed by atoms with Crippen LogP contribution >= 0.6 is 11.6 Å². The lowest BCUT2D eigenvalue weighted by atomic mass is 10.2. The summed E-state index contributed by atoms with van der Waals surface area (Å²) in [5.41, 5.74) is 0.721. The number of aliphatic imine (C=N–C) groups is 1. The summed E-state index contributed by atoms with van der Waals surface area (Å²) < 4.78 is 36.8. The minimum atomic E-state index is -4.63. The molecule has 6 heteroatoms. The first-order chi connectivity index (χ1) is 7.98. The Morgan fingerprint density at radius 2 is 1.94 bits per heavy atom. The predicted octanol–water partition coefficient (Wildman–Crippen LogP) is 4.07. The third-order valence-corrected chi connectivity index (χ3v) is 2.37. The maximum atomic E-state index is 12.3. The zero-order chi connectivity index (χ0) is 12.5. The van der Waals surface area contributed by atoms with Crippen molar-refractivity contribution in [3.63, 3.8) is 0 Å². The van der Waals surface area contributed by atoms with Crippen LogP contribution in [0.15, 0.2) is 41.5 Å². The van der Waals surface area contributed by atoms with Crippen LogP contribution in [0.5, 0.6) is 0 Å². The van der Waals surface area contributed by atoms with Gasteiger partial charge in [0.2, 0.25) is 5.17 Å². The lowest BCUT2D eigenvalue weighted by Crippen LogP contribution is -2.16. The third kappa shape index (κ3) is 2.55. The molecule has 2 aromatic rings. The topological polar surface area (TPSA) is 25.2 Å². The second kappa shape index (κ2) is 4.33. The van der Waals surface area contributed by atoms with Gasteiger partial charge < -0.3 is 0 Å². The van der Waals surface area contributed by atoms with Crippen LogP contribution < -0.4 is 0 Å². The van der Waals surface area contributed by atoms with E-state index in [2.05, 4.69) is 9.98 Å². The molecule has 0 saturated heterocycles. The molecule has 1 aromatic heterocycles. The summed E-state index contributed by atoms with van der Waals surface area (Å²) in [5, 5.41) is -0.869. The minimum absolute atomic E-state index is 0.151. The Hall–Kier alpha value is -1.62. The van der Waals surface area contributed by atoms with Crippen LogP contribution in [0.1, 0.15) is 0 Å². The second-order valence-corrected chi connectivity index (χ2v) is 3.61. The largest absolute Gasteiger partial charge is 0.444 e. The molecule has 0 saturated carbocycles. The Balaban J connectivity index is 2.57. The zero-order valence-corrected chi connectivity index (χ0v) is 9.13. The summed E-state index contributed by atoms with van der Waals surface area (Å²) >= 11 is 5.10. The highest BCUT2D eigenvalue weighted by atomic mass is 35.5. The SMILES string of the molecule is FC(F)(F)C(Cl)=Nc1cccc2ncccc12. The van der Waals surface area contributed by atoms with Crippen molar-refractivity contribution in [2.45, 2.75) is 6.18 Å². The van der Waals surface area contributed by atoms with Crippen molar-refractivity contribution in [1.29, 1.82) is 0 Å². The molecule has 2 rings (SSSR count). The van der Waals surface area contributed by atoms with E-state index in [0.717, 1.165) is 0 Å². The van der Waals surface area contributed by atoms with E-state index in [0.29, 0.717) is 10.9 Å². The van der Waals surface area contributed by atoms with Gasteiger partial charge >= 0.3 is 6.18 Å². The van der Waals surface area contributed by atoms with Crippen LogP contribution in [0.3, 0.4) is 0 Å². The molecule has 0 aliphatic carbocycles. The van der Waals surface area contributed by atoms with Gasteiger partial charge in [-0.1, -0.05) is 17.7 Å². The number of alkyl halides is 3. The van der Waals surface area contributed by atoms with Gasteiger partial charge in [-0.3, -0.25) is 4.98 Å². The first kappa shape index (κ1) is 11.9. The summed E-state index contributed by atoms with van der Waals surface area (Å²) in [6.07, 6.45) is -3.08. The van der Waals surface area contributed by atoms with Gasteiger partial charge in [-0.15, -0.1) is 0 Å². The fourth-order valence-electron chi connectivity index (χ4n) is 1.35. The maximum absolute atomic E-state index is 12.3. The summed E-state index contributed by atoms with van der Waals surface area (Å²) in [5.74, 6) is 0. The third-order valence-electron chi connectivity index (χ3n) is 2.08. The standard InChI is InChI=1S/C11H6ClF3N2/c12-10(11(13,14)15)17-9-5-1-4-8-7(9)3-2-6-16-8/h1-6H. The average molecular weight is 259 g/mol. The van der Waals surface area contributed by atoms with Crippen molar-refractivity contribution in [3.05, 3.63) is 36.5 Å².